The molecule has 0 aliphatic carbocycles. The van der Waals surface area contributed by atoms with E-state index in [1.54, 1.807) is 0 Å². The van der Waals surface area contributed by atoms with Crippen LogP contribution in [-0.4, -0.2) is 0 Å². The highest BCUT2D eigenvalue weighted by atomic mass is 79.9. The van der Waals surface area contributed by atoms with Crippen LogP contribution in [-0.2, 0) is 0 Å². The van der Waals surface area contributed by atoms with Gasteiger partial charge in [-0.15, -0.1) is 13.2 Å². The predicted molar refractivity (Wildman–Crippen MR) is 141 cm³/mol. The zero-order valence-electron chi connectivity index (χ0n) is 11.3. The maximum Gasteiger partial charge on any atom is 0.0482 e. The van der Waals surface area contributed by atoms with Gasteiger partial charge in [-0.25, -0.2) is 0 Å². The highest BCUT2D eigenvalue weighted by Crippen LogP contribution is 2.41. The molecule has 132 valence electrons. The molecule has 10 heteroatoms. The summed E-state index contributed by atoms with van der Waals surface area (Å²) in [6, 6.07) is 3.94. The second kappa shape index (κ2) is 13.2. The van der Waals surface area contributed by atoms with E-state index in [9.17, 15) is 0 Å². The van der Waals surface area contributed by atoms with Crippen LogP contribution in [0.3, 0.4) is 0 Å². The summed E-state index contributed by atoms with van der Waals surface area (Å²) in [6.45, 7) is 6.00. The summed E-state index contributed by atoms with van der Waals surface area (Å²) in [4.78, 5) is 0. The molecule has 2 rings (SSSR count). The lowest BCUT2D eigenvalue weighted by atomic mass is 10.4. The summed E-state index contributed by atoms with van der Waals surface area (Å²) in [5, 5.41) is 0. The van der Waals surface area contributed by atoms with Crippen molar-refractivity contribution < 1.29 is 0 Å². The van der Waals surface area contributed by atoms with E-state index in [4.69, 9.17) is 0 Å². The normalized spacial score (nSPS) is 9.58. The third kappa shape index (κ3) is 7.78. The van der Waals surface area contributed by atoms with Crippen molar-refractivity contribution in [2.24, 2.45) is 0 Å². The van der Waals surface area contributed by atoms with Gasteiger partial charge in [0.05, 0.1) is 0 Å². The summed E-state index contributed by atoms with van der Waals surface area (Å²) in [5.41, 5.74) is 0. The molecule has 0 spiro atoms. The van der Waals surface area contributed by atoms with Crippen LogP contribution >= 0.6 is 159 Å². The fraction of sp³-hybridized carbons (Fsp3) is 0. The van der Waals surface area contributed by atoms with E-state index in [1.807, 2.05) is 12.1 Å². The average Bonchev–Trinajstić information content (AvgIpc) is 2.57. The maximum atomic E-state index is 3.43. The molecule has 0 saturated heterocycles. The van der Waals surface area contributed by atoms with E-state index in [2.05, 4.69) is 172 Å². The van der Waals surface area contributed by atoms with Gasteiger partial charge in [-0.2, -0.15) is 0 Å². The topological polar surface area (TPSA) is 0 Å². The summed E-state index contributed by atoms with van der Waals surface area (Å²) in [5.74, 6) is 0. The maximum absolute atomic E-state index is 3.43. The average molecular weight is 973 g/mol. The molecule has 0 aliphatic rings. The highest BCUT2D eigenvalue weighted by Gasteiger charge is 2.09. The van der Waals surface area contributed by atoms with Gasteiger partial charge in [0.2, 0.25) is 0 Å². The first-order valence-corrected chi connectivity index (χ1v) is 13.5. The Bertz CT molecular complexity index is 612. The molecule has 0 aliphatic heterocycles. The van der Waals surface area contributed by atoms with E-state index >= 15 is 0 Å². The zero-order chi connectivity index (χ0) is 19.2. The van der Waals surface area contributed by atoms with Crippen molar-refractivity contribution in [3.8, 4) is 0 Å². The molecule has 0 atom stereocenters. The molecule has 0 aromatic heterocycles. The molecule has 2 aromatic carbocycles. The number of hydrogen-bond donors (Lipinski definition) is 0. The lowest BCUT2D eigenvalue weighted by molar-refractivity contribution is 1.46. The third-order valence-corrected chi connectivity index (χ3v) is 13.8. The first-order chi connectivity index (χ1) is 11.1. The molecule has 24 heavy (non-hydrogen) atoms. The Morgan fingerprint density at radius 1 is 0.375 bits per heavy atom. The lowest BCUT2D eigenvalue weighted by Crippen LogP contribution is -1.77. The van der Waals surface area contributed by atoms with Gasteiger partial charge >= 0.3 is 0 Å². The van der Waals surface area contributed by atoms with Crippen LogP contribution in [0.2, 0.25) is 0 Å². The molecule has 0 amide bonds. The van der Waals surface area contributed by atoms with Crippen molar-refractivity contribution in [1.29, 1.82) is 0 Å². The number of hydrogen-bond acceptors (Lipinski definition) is 0. The van der Waals surface area contributed by atoms with Crippen LogP contribution < -0.4 is 0 Å². The first kappa shape index (κ1) is 27.0. The lowest BCUT2D eigenvalue weighted by Gasteiger charge is -2.04. The predicted octanol–water partition coefficient (Wildman–Crippen LogP) is 11.8. The van der Waals surface area contributed by atoms with Gasteiger partial charge in [0.1, 0.15) is 0 Å². The van der Waals surface area contributed by atoms with E-state index in [-0.39, 0.29) is 0 Å². The van der Waals surface area contributed by atoms with E-state index in [0.717, 1.165) is 44.7 Å². The monoisotopic (exact) mass is 963 g/mol. The van der Waals surface area contributed by atoms with E-state index < -0.39 is 0 Å². The van der Waals surface area contributed by atoms with Gasteiger partial charge < -0.3 is 0 Å². The van der Waals surface area contributed by atoms with Crippen molar-refractivity contribution in [2.75, 3.05) is 0 Å². The molecular formula is C14H6Br10. The molecule has 0 fully saturated rings. The fourth-order valence-electron chi connectivity index (χ4n) is 1.09. The van der Waals surface area contributed by atoms with E-state index in [0.29, 0.717) is 0 Å². The van der Waals surface area contributed by atoms with E-state index in [1.165, 1.54) is 0 Å². The first-order valence-electron chi connectivity index (χ1n) is 5.54. The molecule has 0 radical (unpaired) electrons. The summed E-state index contributed by atoms with van der Waals surface area (Å²) < 4.78 is 10.1. The largest absolute Gasteiger partial charge is 0.106 e. The van der Waals surface area contributed by atoms with Crippen LogP contribution in [0.25, 0.3) is 0 Å². The number of benzene rings is 2. The molecule has 2 aromatic rings. The second-order valence-electron chi connectivity index (χ2n) is 3.56. The SMILES string of the molecule is Brc1cc(Br)c(Br)c(Br)c1Br.Brc1cc(Br)c(Br)c(Br)c1Br.C=C. The van der Waals surface area contributed by atoms with Crippen molar-refractivity contribution in [1.82, 2.24) is 0 Å². The molecule has 0 unspecified atom stereocenters. The minimum absolute atomic E-state index is 0.999. The Labute approximate surface area is 225 Å². The number of rotatable bonds is 0. The highest BCUT2D eigenvalue weighted by molar-refractivity contribution is 9.16. The van der Waals surface area contributed by atoms with Crippen molar-refractivity contribution in [2.45, 2.75) is 0 Å². The minimum Gasteiger partial charge on any atom is -0.106 e. The van der Waals surface area contributed by atoms with Crippen LogP contribution in [0.4, 0.5) is 0 Å². The number of halogens is 10. The van der Waals surface area contributed by atoms with Gasteiger partial charge in [0, 0.05) is 44.7 Å². The van der Waals surface area contributed by atoms with Gasteiger partial charge in [-0.3, -0.25) is 0 Å². The Balaban J connectivity index is 0.000000400. The molecule has 0 nitrogen and oxygen atoms in total. The van der Waals surface area contributed by atoms with Gasteiger partial charge in [-0.05, 0) is 171 Å². The Morgan fingerprint density at radius 2 is 0.542 bits per heavy atom. The summed E-state index contributed by atoms with van der Waals surface area (Å²) >= 11 is 34.1. The van der Waals surface area contributed by atoms with Crippen LogP contribution in [0, 0.1) is 0 Å². The third-order valence-electron chi connectivity index (χ3n) is 2.12. The zero-order valence-corrected chi connectivity index (χ0v) is 27.2. The summed E-state index contributed by atoms with van der Waals surface area (Å²) in [6.07, 6.45) is 0. The Kier molecular flexibility index (Phi) is 14.9. The quantitative estimate of drug-likeness (QED) is 0.140. The van der Waals surface area contributed by atoms with Gasteiger partial charge in [0.25, 0.3) is 0 Å². The second-order valence-corrected chi connectivity index (χ2v) is 11.7. The Hall–Kier alpha value is 2.98. The smallest absolute Gasteiger partial charge is 0.0482 e. The van der Waals surface area contributed by atoms with Crippen molar-refractivity contribution in [3.63, 3.8) is 0 Å². The van der Waals surface area contributed by atoms with Crippen molar-refractivity contribution >= 4 is 159 Å². The molecule has 0 bridgehead atoms. The summed E-state index contributed by atoms with van der Waals surface area (Å²) in [7, 11) is 0. The van der Waals surface area contributed by atoms with Crippen LogP contribution in [0.1, 0.15) is 0 Å². The van der Waals surface area contributed by atoms with Crippen LogP contribution in [0.5, 0.6) is 0 Å². The van der Waals surface area contributed by atoms with Crippen LogP contribution in [0.15, 0.2) is 70.0 Å². The van der Waals surface area contributed by atoms with Crippen molar-refractivity contribution in [3.05, 3.63) is 70.0 Å². The Morgan fingerprint density at radius 3 is 0.708 bits per heavy atom. The molecule has 0 saturated carbocycles. The standard InChI is InChI=1S/2C6HBr5.C2H4/c2*7-2-1-3(8)5(10)6(11)4(2)9;1-2/h2*1H;1-2H2. The van der Waals surface area contributed by atoms with Gasteiger partial charge in [-0.1, -0.05) is 0 Å². The fourth-order valence-corrected chi connectivity index (χ4v) is 7.11. The minimum atomic E-state index is 0.999. The molecule has 0 N–H and O–H groups in total. The molecule has 0 heterocycles. The molecular weight excluding hydrogens is 967 g/mol. The van der Waals surface area contributed by atoms with Gasteiger partial charge in [0.15, 0.2) is 0 Å².